The molecule has 0 bridgehead atoms. The predicted octanol–water partition coefficient (Wildman–Crippen LogP) is 2.66. The largest absolute Gasteiger partial charge is 0.376 e. The summed E-state index contributed by atoms with van der Waals surface area (Å²) < 4.78 is 8.21. The molecule has 3 rings (SSSR count). The van der Waals surface area contributed by atoms with Crippen LogP contribution >= 0.6 is 0 Å². The third-order valence-electron chi connectivity index (χ3n) is 4.17. The van der Waals surface area contributed by atoms with E-state index in [4.69, 9.17) is 4.74 Å². The maximum Gasteiger partial charge on any atom is 0.151 e. The van der Waals surface area contributed by atoms with Gasteiger partial charge in [0.05, 0.1) is 12.1 Å². The van der Waals surface area contributed by atoms with Crippen LogP contribution < -0.4 is 0 Å². The molecule has 1 aliphatic heterocycles. The van der Waals surface area contributed by atoms with Crippen LogP contribution in [0.5, 0.6) is 0 Å². The van der Waals surface area contributed by atoms with Gasteiger partial charge in [-0.2, -0.15) is 0 Å². The highest BCUT2D eigenvalue weighted by Gasteiger charge is 2.42. The fraction of sp³-hybridized carbons (Fsp3) is 0.643. The monoisotopic (exact) mass is 233 g/mol. The first-order valence-corrected chi connectivity index (χ1v) is 6.47. The molecule has 0 spiro atoms. The summed E-state index contributed by atoms with van der Waals surface area (Å²) in [6, 6.07) is 2.43. The number of carbonyl (C=O) groups is 1. The van der Waals surface area contributed by atoms with Gasteiger partial charge in [-0.25, -0.2) is 0 Å². The lowest BCUT2D eigenvalue weighted by Gasteiger charge is -2.23. The SMILES string of the molecule is Cc1cc(C=O)c(C)n1C1CCOC1C1CC1. The van der Waals surface area contributed by atoms with Crippen LogP contribution in [0.4, 0.5) is 0 Å². The van der Waals surface area contributed by atoms with Crippen LogP contribution in [0.3, 0.4) is 0 Å². The molecule has 2 aliphatic rings. The molecule has 0 amide bonds. The summed E-state index contributed by atoms with van der Waals surface area (Å²) >= 11 is 0. The van der Waals surface area contributed by atoms with Crippen LogP contribution in [-0.2, 0) is 4.74 Å². The maximum atomic E-state index is 11.0. The Morgan fingerprint density at radius 2 is 2.12 bits per heavy atom. The van der Waals surface area contributed by atoms with Crippen LogP contribution in [0.1, 0.15) is 47.1 Å². The van der Waals surface area contributed by atoms with Gasteiger partial charge < -0.3 is 9.30 Å². The fourth-order valence-electron chi connectivity index (χ4n) is 3.18. The van der Waals surface area contributed by atoms with Crippen molar-refractivity contribution < 1.29 is 9.53 Å². The van der Waals surface area contributed by atoms with Crippen molar-refractivity contribution in [1.29, 1.82) is 0 Å². The Kier molecular flexibility index (Phi) is 2.58. The second-order valence-corrected chi connectivity index (χ2v) is 5.34. The van der Waals surface area contributed by atoms with Gasteiger partial charge in [-0.05, 0) is 45.1 Å². The van der Waals surface area contributed by atoms with Crippen molar-refractivity contribution >= 4 is 6.29 Å². The van der Waals surface area contributed by atoms with Gasteiger partial charge in [-0.1, -0.05) is 0 Å². The summed E-state index contributed by atoms with van der Waals surface area (Å²) in [5.41, 5.74) is 3.10. The first-order chi connectivity index (χ1) is 8.22. The molecule has 3 nitrogen and oxygen atoms in total. The highest BCUT2D eigenvalue weighted by Crippen LogP contribution is 2.44. The Morgan fingerprint density at radius 3 is 2.71 bits per heavy atom. The van der Waals surface area contributed by atoms with E-state index in [1.54, 1.807) is 0 Å². The van der Waals surface area contributed by atoms with E-state index in [1.165, 1.54) is 18.5 Å². The zero-order chi connectivity index (χ0) is 12.0. The number of nitrogens with zero attached hydrogens (tertiary/aromatic N) is 1. The minimum absolute atomic E-state index is 0.374. The summed E-state index contributed by atoms with van der Waals surface area (Å²) in [4.78, 5) is 11.0. The fourth-order valence-corrected chi connectivity index (χ4v) is 3.18. The van der Waals surface area contributed by atoms with Gasteiger partial charge >= 0.3 is 0 Å². The normalized spacial score (nSPS) is 28.6. The molecule has 1 saturated heterocycles. The number of ether oxygens (including phenoxy) is 1. The summed E-state index contributed by atoms with van der Waals surface area (Å²) in [6.07, 6.45) is 5.03. The van der Waals surface area contributed by atoms with E-state index in [2.05, 4.69) is 11.5 Å². The number of aryl methyl sites for hydroxylation is 1. The molecule has 0 radical (unpaired) electrons. The average molecular weight is 233 g/mol. The number of aromatic nitrogens is 1. The van der Waals surface area contributed by atoms with Gasteiger partial charge in [0.25, 0.3) is 0 Å². The third kappa shape index (κ3) is 1.73. The molecule has 0 N–H and O–H groups in total. The zero-order valence-corrected chi connectivity index (χ0v) is 10.5. The lowest BCUT2D eigenvalue weighted by atomic mass is 10.1. The van der Waals surface area contributed by atoms with Gasteiger partial charge in [0.15, 0.2) is 6.29 Å². The summed E-state index contributed by atoms with van der Waals surface area (Å²) in [7, 11) is 0. The van der Waals surface area contributed by atoms with Crippen LogP contribution in [0.25, 0.3) is 0 Å². The van der Waals surface area contributed by atoms with Gasteiger partial charge in [0.2, 0.25) is 0 Å². The maximum absolute atomic E-state index is 11.0. The van der Waals surface area contributed by atoms with E-state index in [9.17, 15) is 4.79 Å². The molecule has 1 aromatic heterocycles. The molecule has 3 heteroatoms. The molecular formula is C14H19NO2. The van der Waals surface area contributed by atoms with Crippen LogP contribution in [0.15, 0.2) is 6.07 Å². The smallest absolute Gasteiger partial charge is 0.151 e. The van der Waals surface area contributed by atoms with E-state index in [0.29, 0.717) is 12.1 Å². The van der Waals surface area contributed by atoms with Gasteiger partial charge in [-0.15, -0.1) is 0 Å². The highest BCUT2D eigenvalue weighted by atomic mass is 16.5. The van der Waals surface area contributed by atoms with Crippen molar-refractivity contribution in [3.05, 3.63) is 23.0 Å². The number of aldehydes is 1. The number of rotatable bonds is 3. The minimum atomic E-state index is 0.374. The molecule has 2 heterocycles. The Morgan fingerprint density at radius 1 is 1.35 bits per heavy atom. The molecular weight excluding hydrogens is 214 g/mol. The summed E-state index contributed by atoms with van der Waals surface area (Å²) in [5, 5.41) is 0. The van der Waals surface area contributed by atoms with Gasteiger partial charge in [0, 0.05) is 23.6 Å². The molecule has 0 aromatic carbocycles. The Hall–Kier alpha value is -1.09. The van der Waals surface area contributed by atoms with E-state index < -0.39 is 0 Å². The summed E-state index contributed by atoms with van der Waals surface area (Å²) in [5.74, 6) is 0.753. The second-order valence-electron chi connectivity index (χ2n) is 5.34. The van der Waals surface area contributed by atoms with E-state index in [1.807, 2.05) is 13.0 Å². The molecule has 2 atom stereocenters. The van der Waals surface area contributed by atoms with Crippen molar-refractivity contribution in [3.8, 4) is 0 Å². The van der Waals surface area contributed by atoms with Gasteiger partial charge in [-0.3, -0.25) is 4.79 Å². The van der Waals surface area contributed by atoms with E-state index in [0.717, 1.165) is 36.5 Å². The highest BCUT2D eigenvalue weighted by molar-refractivity contribution is 5.77. The van der Waals surface area contributed by atoms with Crippen LogP contribution in [0.2, 0.25) is 0 Å². The molecule has 92 valence electrons. The molecule has 2 fully saturated rings. The standard InChI is InChI=1S/C14H19NO2/c1-9-7-12(8-16)10(2)15(9)13-5-6-17-14(13)11-3-4-11/h7-8,11,13-14H,3-6H2,1-2H3. The van der Waals surface area contributed by atoms with Crippen molar-refractivity contribution in [2.45, 2.75) is 45.3 Å². The number of hydrogen-bond donors (Lipinski definition) is 0. The Labute approximate surface area is 102 Å². The predicted molar refractivity (Wildman–Crippen MR) is 65.4 cm³/mol. The van der Waals surface area contributed by atoms with Crippen molar-refractivity contribution in [2.24, 2.45) is 5.92 Å². The quantitative estimate of drug-likeness (QED) is 0.751. The topological polar surface area (TPSA) is 31.2 Å². The molecule has 2 unspecified atom stereocenters. The Balaban J connectivity index is 1.97. The second kappa shape index (κ2) is 3.98. The number of carbonyl (C=O) groups excluding carboxylic acids is 1. The van der Waals surface area contributed by atoms with Crippen molar-refractivity contribution in [1.82, 2.24) is 4.57 Å². The third-order valence-corrected chi connectivity index (χ3v) is 4.17. The lowest BCUT2D eigenvalue weighted by molar-refractivity contribution is 0.0744. The lowest BCUT2D eigenvalue weighted by Crippen LogP contribution is -2.23. The van der Waals surface area contributed by atoms with Crippen molar-refractivity contribution in [3.63, 3.8) is 0 Å². The Bertz CT molecular complexity index is 445. The minimum Gasteiger partial charge on any atom is -0.376 e. The summed E-state index contributed by atoms with van der Waals surface area (Å²) in [6.45, 7) is 4.99. The van der Waals surface area contributed by atoms with Crippen LogP contribution in [-0.4, -0.2) is 23.6 Å². The van der Waals surface area contributed by atoms with Crippen molar-refractivity contribution in [2.75, 3.05) is 6.61 Å². The van der Waals surface area contributed by atoms with E-state index >= 15 is 0 Å². The number of hydrogen-bond acceptors (Lipinski definition) is 2. The molecule has 1 aromatic rings. The van der Waals surface area contributed by atoms with Gasteiger partial charge in [0.1, 0.15) is 0 Å². The first-order valence-electron chi connectivity index (χ1n) is 6.47. The van der Waals surface area contributed by atoms with Crippen LogP contribution in [0, 0.1) is 19.8 Å². The molecule has 1 aliphatic carbocycles. The van der Waals surface area contributed by atoms with E-state index in [-0.39, 0.29) is 0 Å². The first kappa shape index (κ1) is 11.0. The molecule has 1 saturated carbocycles. The average Bonchev–Trinajstić information content (AvgIpc) is 2.98. The molecule has 17 heavy (non-hydrogen) atoms. The zero-order valence-electron chi connectivity index (χ0n) is 10.5.